The summed E-state index contributed by atoms with van der Waals surface area (Å²) in [6.45, 7) is 2.22. The highest BCUT2D eigenvalue weighted by Gasteiger charge is 2.34. The molecule has 0 saturated carbocycles. The van der Waals surface area contributed by atoms with Gasteiger partial charge in [-0.3, -0.25) is 4.79 Å². The molecule has 2 rings (SSSR count). The smallest absolute Gasteiger partial charge is 0.292 e. The van der Waals surface area contributed by atoms with Crippen LogP contribution in [0.4, 0.5) is 6.01 Å². The van der Waals surface area contributed by atoms with Gasteiger partial charge in [0.15, 0.2) is 15.5 Å². The number of hydrogen-bond donors (Lipinski definition) is 1. The Hall–Kier alpha value is -1.57. The predicted octanol–water partition coefficient (Wildman–Crippen LogP) is -0.0940. The van der Waals surface area contributed by atoms with Gasteiger partial charge in [0.1, 0.15) is 6.26 Å². The fourth-order valence-corrected chi connectivity index (χ4v) is 3.85. The van der Waals surface area contributed by atoms with Crippen LogP contribution in [0.25, 0.3) is 0 Å². The van der Waals surface area contributed by atoms with Crippen molar-refractivity contribution < 1.29 is 17.6 Å². The molecule has 0 aliphatic carbocycles. The number of anilines is 1. The number of sulfone groups is 1. The Morgan fingerprint density at radius 1 is 1.67 bits per heavy atom. The second-order valence-electron chi connectivity index (χ2n) is 4.22. The van der Waals surface area contributed by atoms with Gasteiger partial charge in [0.25, 0.3) is 11.9 Å². The number of aromatic nitrogens is 1. The Morgan fingerprint density at radius 3 is 2.83 bits per heavy atom. The second kappa shape index (κ2) is 4.60. The summed E-state index contributed by atoms with van der Waals surface area (Å²) in [5.74, 6) is -0.206. The molecular formula is C10H15N3O4S. The van der Waals surface area contributed by atoms with Gasteiger partial charge in [-0.1, -0.05) is 0 Å². The van der Waals surface area contributed by atoms with E-state index in [-0.39, 0.29) is 35.2 Å². The van der Waals surface area contributed by atoms with Crippen LogP contribution in [0.1, 0.15) is 23.8 Å². The van der Waals surface area contributed by atoms with Crippen molar-refractivity contribution in [2.24, 2.45) is 0 Å². The number of rotatable bonds is 3. The lowest BCUT2D eigenvalue weighted by atomic mass is 10.2. The molecular weight excluding hydrogens is 258 g/mol. The van der Waals surface area contributed by atoms with Crippen molar-refractivity contribution in [3.63, 3.8) is 0 Å². The van der Waals surface area contributed by atoms with Crippen molar-refractivity contribution >= 4 is 21.8 Å². The van der Waals surface area contributed by atoms with Gasteiger partial charge in [-0.15, -0.1) is 0 Å². The lowest BCUT2D eigenvalue weighted by molar-refractivity contribution is 0.0702. The van der Waals surface area contributed by atoms with E-state index in [0.29, 0.717) is 13.0 Å². The van der Waals surface area contributed by atoms with E-state index in [9.17, 15) is 13.2 Å². The van der Waals surface area contributed by atoms with Crippen LogP contribution in [0.3, 0.4) is 0 Å². The Balaban J connectivity index is 2.17. The topological polar surface area (TPSA) is 106 Å². The highest BCUT2D eigenvalue weighted by Crippen LogP contribution is 2.19. The third-order valence-electron chi connectivity index (χ3n) is 2.99. The van der Waals surface area contributed by atoms with Crippen molar-refractivity contribution in [2.45, 2.75) is 19.4 Å². The minimum Gasteiger partial charge on any atom is -0.431 e. The maximum absolute atomic E-state index is 12.1. The zero-order valence-corrected chi connectivity index (χ0v) is 10.8. The second-order valence-corrected chi connectivity index (χ2v) is 6.45. The SMILES string of the molecule is CCN(C(=O)c1coc(N)n1)C1CCS(=O)(=O)C1. The molecule has 0 aromatic carbocycles. The molecule has 2 heterocycles. The minimum absolute atomic E-state index is 0.0138. The predicted molar refractivity (Wildman–Crippen MR) is 64.7 cm³/mol. The first-order valence-electron chi connectivity index (χ1n) is 5.65. The minimum atomic E-state index is -3.02. The van der Waals surface area contributed by atoms with E-state index in [2.05, 4.69) is 4.98 Å². The van der Waals surface area contributed by atoms with Crippen LogP contribution < -0.4 is 5.73 Å². The molecule has 1 saturated heterocycles. The number of nitrogens with two attached hydrogens (primary N) is 1. The largest absolute Gasteiger partial charge is 0.431 e. The van der Waals surface area contributed by atoms with Gasteiger partial charge in [0.2, 0.25) is 0 Å². The summed E-state index contributed by atoms with van der Waals surface area (Å²) in [5, 5.41) is 0. The number of oxazole rings is 1. The molecule has 8 heteroatoms. The molecule has 7 nitrogen and oxygen atoms in total. The fraction of sp³-hybridized carbons (Fsp3) is 0.600. The molecule has 1 amide bonds. The number of carbonyl (C=O) groups is 1. The molecule has 0 bridgehead atoms. The highest BCUT2D eigenvalue weighted by molar-refractivity contribution is 7.91. The molecule has 100 valence electrons. The van der Waals surface area contributed by atoms with Crippen LogP contribution in [-0.4, -0.2) is 48.3 Å². The number of carbonyl (C=O) groups excluding carboxylic acids is 1. The van der Waals surface area contributed by atoms with Gasteiger partial charge >= 0.3 is 0 Å². The maximum Gasteiger partial charge on any atom is 0.292 e. The molecule has 18 heavy (non-hydrogen) atoms. The van der Waals surface area contributed by atoms with Crippen LogP contribution in [0, 0.1) is 0 Å². The van der Waals surface area contributed by atoms with Crippen molar-refractivity contribution in [3.05, 3.63) is 12.0 Å². The molecule has 1 unspecified atom stereocenters. The van der Waals surface area contributed by atoms with Gasteiger partial charge in [0, 0.05) is 12.6 Å². The van der Waals surface area contributed by atoms with E-state index in [4.69, 9.17) is 10.2 Å². The monoisotopic (exact) mass is 273 g/mol. The molecule has 1 aliphatic heterocycles. The molecule has 1 aliphatic rings. The number of nitrogens with zero attached hydrogens (tertiary/aromatic N) is 2. The van der Waals surface area contributed by atoms with E-state index < -0.39 is 9.84 Å². The molecule has 1 fully saturated rings. The first-order chi connectivity index (χ1) is 8.43. The van der Waals surface area contributed by atoms with Crippen molar-refractivity contribution in [1.29, 1.82) is 0 Å². The third kappa shape index (κ3) is 2.47. The lowest BCUT2D eigenvalue weighted by Gasteiger charge is -2.25. The van der Waals surface area contributed by atoms with Gasteiger partial charge in [-0.05, 0) is 13.3 Å². The molecule has 1 atom stereocenters. The van der Waals surface area contributed by atoms with Gasteiger partial charge < -0.3 is 15.1 Å². The van der Waals surface area contributed by atoms with Crippen molar-refractivity contribution in [2.75, 3.05) is 23.8 Å². The van der Waals surface area contributed by atoms with Crippen LogP contribution >= 0.6 is 0 Å². The van der Waals surface area contributed by atoms with E-state index in [0.717, 1.165) is 0 Å². The lowest BCUT2D eigenvalue weighted by Crippen LogP contribution is -2.41. The Morgan fingerprint density at radius 2 is 2.39 bits per heavy atom. The van der Waals surface area contributed by atoms with Gasteiger partial charge in [0.05, 0.1) is 11.5 Å². The van der Waals surface area contributed by atoms with E-state index >= 15 is 0 Å². The number of nitrogen functional groups attached to an aromatic ring is 1. The normalized spacial score (nSPS) is 21.9. The van der Waals surface area contributed by atoms with Crippen LogP contribution in [0.5, 0.6) is 0 Å². The van der Waals surface area contributed by atoms with E-state index in [1.165, 1.54) is 11.2 Å². The summed E-state index contributed by atoms with van der Waals surface area (Å²) in [5.41, 5.74) is 5.42. The van der Waals surface area contributed by atoms with E-state index in [1.54, 1.807) is 6.92 Å². The Labute approximate surface area is 105 Å². The Kier molecular flexibility index (Phi) is 3.29. The maximum atomic E-state index is 12.1. The summed E-state index contributed by atoms with van der Waals surface area (Å²) >= 11 is 0. The zero-order chi connectivity index (χ0) is 13.3. The average molecular weight is 273 g/mol. The standard InChI is InChI=1S/C10H15N3O4S/c1-2-13(7-3-4-18(15,16)6-7)9(14)8-5-17-10(11)12-8/h5,7H,2-4,6H2,1H3,(H2,11,12). The van der Waals surface area contributed by atoms with Crippen molar-refractivity contribution in [3.8, 4) is 0 Å². The highest BCUT2D eigenvalue weighted by atomic mass is 32.2. The van der Waals surface area contributed by atoms with Gasteiger partial charge in [-0.25, -0.2) is 8.42 Å². The zero-order valence-electron chi connectivity index (χ0n) is 10.00. The first-order valence-corrected chi connectivity index (χ1v) is 7.47. The average Bonchev–Trinajstić information content (AvgIpc) is 2.86. The summed E-state index contributed by atoms with van der Waals surface area (Å²) in [6.07, 6.45) is 1.65. The number of amides is 1. The van der Waals surface area contributed by atoms with Crippen molar-refractivity contribution in [1.82, 2.24) is 9.88 Å². The summed E-state index contributed by atoms with van der Waals surface area (Å²) < 4.78 is 27.6. The molecule has 1 aromatic rings. The number of hydrogen-bond acceptors (Lipinski definition) is 6. The summed E-state index contributed by atoms with van der Waals surface area (Å²) in [6, 6.07) is -0.362. The molecule has 0 radical (unpaired) electrons. The quantitative estimate of drug-likeness (QED) is 0.824. The molecule has 1 aromatic heterocycles. The van der Waals surface area contributed by atoms with Gasteiger partial charge in [-0.2, -0.15) is 4.98 Å². The van der Waals surface area contributed by atoms with E-state index in [1.807, 2.05) is 0 Å². The fourth-order valence-electron chi connectivity index (χ4n) is 2.12. The van der Waals surface area contributed by atoms with Crippen LogP contribution in [-0.2, 0) is 9.84 Å². The van der Waals surface area contributed by atoms with Crippen LogP contribution in [0.2, 0.25) is 0 Å². The summed E-state index contributed by atoms with van der Waals surface area (Å²) in [7, 11) is -3.02. The van der Waals surface area contributed by atoms with Crippen LogP contribution in [0.15, 0.2) is 10.7 Å². The summed E-state index contributed by atoms with van der Waals surface area (Å²) in [4.78, 5) is 17.4. The Bertz CT molecular complexity index is 551. The molecule has 0 spiro atoms. The molecule has 2 N–H and O–H groups in total. The third-order valence-corrected chi connectivity index (χ3v) is 4.74. The first kappa shape index (κ1) is 12.9.